The van der Waals surface area contributed by atoms with Crippen LogP contribution in [0.3, 0.4) is 0 Å². The quantitative estimate of drug-likeness (QED) is 0.415. The normalized spacial score (nSPS) is 29.3. The zero-order valence-corrected chi connectivity index (χ0v) is 23.4. The van der Waals surface area contributed by atoms with Crippen molar-refractivity contribution in [2.24, 2.45) is 16.7 Å². The smallest absolute Gasteiger partial charge is 0.293 e. The molecule has 4 aliphatic heterocycles. The second-order valence-electron chi connectivity index (χ2n) is 13.5. The highest BCUT2D eigenvalue weighted by molar-refractivity contribution is 6.25. The molecule has 4 heterocycles. The van der Waals surface area contributed by atoms with Crippen LogP contribution in [0.1, 0.15) is 84.9 Å². The maximum atomic E-state index is 13.5. The van der Waals surface area contributed by atoms with Crippen LogP contribution in [0, 0.1) is 16.7 Å². The van der Waals surface area contributed by atoms with Crippen LogP contribution >= 0.6 is 0 Å². The Bertz CT molecular complexity index is 1280. The van der Waals surface area contributed by atoms with Crippen LogP contribution in [0.15, 0.2) is 18.2 Å². The third kappa shape index (κ3) is 4.54. The maximum absolute atomic E-state index is 13.5. The van der Waals surface area contributed by atoms with Gasteiger partial charge in [-0.3, -0.25) is 34.2 Å². The molecule has 2 spiro atoms. The molecule has 1 N–H and O–H groups in total. The molecule has 1 atom stereocenters. The van der Waals surface area contributed by atoms with Crippen LogP contribution in [0.25, 0.3) is 0 Å². The molecule has 10 heteroatoms. The van der Waals surface area contributed by atoms with Gasteiger partial charge in [0.2, 0.25) is 11.8 Å². The van der Waals surface area contributed by atoms with Gasteiger partial charge in [0.05, 0.1) is 16.8 Å². The molecule has 41 heavy (non-hydrogen) atoms. The predicted octanol–water partition coefficient (Wildman–Crippen LogP) is 2.50. The monoisotopic (exact) mass is 562 g/mol. The molecule has 0 aromatic heterocycles. The number of amides is 4. The standard InChI is InChI=1S/C31H38N4O6/c36-19-41-21-14-30(15-21)10-12-33(13-11-30)16-20-6-8-31(9-7-20)17-34(18-31)23-3-1-2-22-26(23)29(40)35(28(22)39)24-4-5-25(37)32-27(24)38/h1-3,19-21,24H,4-18H2,(H,32,37,38). The van der Waals surface area contributed by atoms with E-state index in [-0.39, 0.29) is 30.3 Å². The molecule has 1 unspecified atom stereocenters. The first-order chi connectivity index (χ1) is 19.8. The average molecular weight is 563 g/mol. The first-order valence-electron chi connectivity index (χ1n) is 15.2. The first kappa shape index (κ1) is 26.6. The number of anilines is 1. The van der Waals surface area contributed by atoms with Crippen molar-refractivity contribution in [1.29, 1.82) is 0 Å². The lowest BCUT2D eigenvalue weighted by Gasteiger charge is -2.55. The van der Waals surface area contributed by atoms with Gasteiger partial charge in [-0.2, -0.15) is 0 Å². The zero-order chi connectivity index (χ0) is 28.4. The van der Waals surface area contributed by atoms with Gasteiger partial charge in [0.15, 0.2) is 0 Å². The van der Waals surface area contributed by atoms with E-state index in [1.165, 1.54) is 45.1 Å². The van der Waals surface area contributed by atoms with Gasteiger partial charge in [-0.1, -0.05) is 6.07 Å². The summed E-state index contributed by atoms with van der Waals surface area (Å²) in [6, 6.07) is 4.45. The van der Waals surface area contributed by atoms with Gasteiger partial charge in [-0.05, 0) is 94.3 Å². The fourth-order valence-corrected chi connectivity index (χ4v) is 8.55. The van der Waals surface area contributed by atoms with E-state index in [4.69, 9.17) is 4.74 Å². The number of hydrogen-bond acceptors (Lipinski definition) is 8. The largest absolute Gasteiger partial charge is 0.465 e. The minimum absolute atomic E-state index is 0.114. The van der Waals surface area contributed by atoms with Crippen molar-refractivity contribution >= 4 is 35.8 Å². The number of rotatable bonds is 6. The molecule has 0 bridgehead atoms. The summed E-state index contributed by atoms with van der Waals surface area (Å²) in [5.74, 6) is -1.12. The Balaban J connectivity index is 0.928. The fraction of sp³-hybridized carbons (Fsp3) is 0.645. The Morgan fingerprint density at radius 3 is 2.34 bits per heavy atom. The van der Waals surface area contributed by atoms with Crippen LogP contribution in [-0.4, -0.2) is 84.8 Å². The molecule has 1 aromatic carbocycles. The van der Waals surface area contributed by atoms with Crippen molar-refractivity contribution in [3.63, 3.8) is 0 Å². The van der Waals surface area contributed by atoms with Crippen molar-refractivity contribution in [2.75, 3.05) is 37.6 Å². The van der Waals surface area contributed by atoms with Crippen LogP contribution in [0.2, 0.25) is 0 Å². The Hall–Kier alpha value is -3.27. The molecular formula is C31H38N4O6. The van der Waals surface area contributed by atoms with E-state index in [2.05, 4.69) is 15.1 Å². The van der Waals surface area contributed by atoms with Gasteiger partial charge in [0, 0.05) is 31.5 Å². The summed E-state index contributed by atoms with van der Waals surface area (Å²) >= 11 is 0. The van der Waals surface area contributed by atoms with E-state index in [1.807, 2.05) is 12.1 Å². The summed E-state index contributed by atoms with van der Waals surface area (Å²) in [4.78, 5) is 67.3. The van der Waals surface area contributed by atoms with Gasteiger partial charge >= 0.3 is 0 Å². The molecule has 5 fully saturated rings. The van der Waals surface area contributed by atoms with Gasteiger partial charge < -0.3 is 14.5 Å². The van der Waals surface area contributed by atoms with E-state index in [9.17, 15) is 24.0 Å². The Morgan fingerprint density at radius 1 is 0.927 bits per heavy atom. The van der Waals surface area contributed by atoms with Gasteiger partial charge in [-0.25, -0.2) is 0 Å². The van der Waals surface area contributed by atoms with E-state index < -0.39 is 23.8 Å². The van der Waals surface area contributed by atoms with Crippen LogP contribution < -0.4 is 10.2 Å². The summed E-state index contributed by atoms with van der Waals surface area (Å²) in [6.45, 7) is 5.81. The molecule has 1 aromatic rings. The minimum Gasteiger partial charge on any atom is -0.465 e. The highest BCUT2D eigenvalue weighted by atomic mass is 16.5. The maximum Gasteiger partial charge on any atom is 0.293 e. The Kier molecular flexibility index (Phi) is 6.44. The zero-order valence-electron chi connectivity index (χ0n) is 23.4. The van der Waals surface area contributed by atoms with E-state index in [1.54, 1.807) is 6.07 Å². The predicted molar refractivity (Wildman–Crippen MR) is 148 cm³/mol. The van der Waals surface area contributed by atoms with E-state index in [0.717, 1.165) is 55.5 Å². The number of carbonyl (C=O) groups is 5. The SMILES string of the molecule is O=COC1CC2(CCN(CC3CCC4(CC3)CN(c3cccc5c3C(=O)N(C3CCC(=O)NC3=O)C5=O)C4)CC2)C1. The number of nitrogens with one attached hydrogen (secondary N) is 1. The summed E-state index contributed by atoms with van der Waals surface area (Å²) in [6.07, 6.45) is 9.69. The molecule has 3 saturated heterocycles. The third-order valence-electron chi connectivity index (χ3n) is 11.0. The van der Waals surface area contributed by atoms with Crippen LogP contribution in [-0.2, 0) is 19.1 Å². The van der Waals surface area contributed by atoms with Crippen LogP contribution in [0.5, 0.6) is 0 Å². The Morgan fingerprint density at radius 2 is 1.66 bits per heavy atom. The number of hydrogen-bond donors (Lipinski definition) is 1. The van der Waals surface area contributed by atoms with Gasteiger partial charge in [0.25, 0.3) is 18.3 Å². The molecule has 7 rings (SSSR count). The number of piperidine rings is 2. The number of benzene rings is 1. The number of fused-ring (bicyclic) bond motifs is 1. The first-order valence-corrected chi connectivity index (χ1v) is 15.2. The number of likely N-dealkylation sites (tertiary alicyclic amines) is 1. The highest BCUT2D eigenvalue weighted by Crippen LogP contribution is 2.51. The summed E-state index contributed by atoms with van der Waals surface area (Å²) in [5.41, 5.74) is 2.18. The second-order valence-corrected chi connectivity index (χ2v) is 13.5. The minimum atomic E-state index is -0.946. The number of ether oxygens (including phenoxy) is 1. The summed E-state index contributed by atoms with van der Waals surface area (Å²) < 4.78 is 5.14. The third-order valence-corrected chi connectivity index (χ3v) is 11.0. The molecule has 0 radical (unpaired) electrons. The molecule has 218 valence electrons. The van der Waals surface area contributed by atoms with Crippen molar-refractivity contribution < 1.29 is 28.7 Å². The molecule has 6 aliphatic rings. The molecule has 2 saturated carbocycles. The lowest BCUT2D eigenvalue weighted by Crippen LogP contribution is -2.58. The highest BCUT2D eigenvalue weighted by Gasteiger charge is 2.51. The second kappa shape index (κ2) is 9.93. The van der Waals surface area contributed by atoms with Crippen molar-refractivity contribution in [2.45, 2.75) is 76.4 Å². The van der Waals surface area contributed by atoms with Gasteiger partial charge in [-0.15, -0.1) is 0 Å². The molecular weight excluding hydrogens is 524 g/mol. The van der Waals surface area contributed by atoms with E-state index in [0.29, 0.717) is 23.0 Å². The van der Waals surface area contributed by atoms with Crippen molar-refractivity contribution in [1.82, 2.24) is 15.1 Å². The number of carbonyl (C=O) groups excluding carboxylic acids is 5. The average Bonchev–Trinajstić information content (AvgIpc) is 3.18. The summed E-state index contributed by atoms with van der Waals surface area (Å²) in [5, 5.41) is 2.26. The fourth-order valence-electron chi connectivity index (χ4n) is 8.55. The van der Waals surface area contributed by atoms with Gasteiger partial charge in [0.1, 0.15) is 12.1 Å². The molecule has 2 aliphatic carbocycles. The lowest BCUT2D eigenvalue weighted by atomic mass is 9.61. The summed E-state index contributed by atoms with van der Waals surface area (Å²) in [7, 11) is 0. The number of imide groups is 2. The topological polar surface area (TPSA) is 116 Å². The van der Waals surface area contributed by atoms with Crippen molar-refractivity contribution in [3.05, 3.63) is 29.3 Å². The van der Waals surface area contributed by atoms with Crippen molar-refractivity contribution in [3.8, 4) is 0 Å². The Labute approximate surface area is 239 Å². The van der Waals surface area contributed by atoms with Crippen LogP contribution in [0.4, 0.5) is 5.69 Å². The molecule has 4 amide bonds. The lowest BCUT2D eigenvalue weighted by molar-refractivity contribution is -0.149. The van der Waals surface area contributed by atoms with E-state index >= 15 is 0 Å². The number of nitrogens with zero attached hydrogens (tertiary/aromatic N) is 3. The molecule has 10 nitrogen and oxygen atoms in total.